The summed E-state index contributed by atoms with van der Waals surface area (Å²) in [6.07, 6.45) is 1.44. The molecule has 1 saturated carbocycles. The average Bonchev–Trinajstić information content (AvgIpc) is 3.28. The molecule has 2 aromatic rings. The monoisotopic (exact) mass is 522 g/mol. The van der Waals surface area contributed by atoms with Crippen LogP contribution in [0.1, 0.15) is 41.6 Å². The molecule has 3 N–H and O–H groups in total. The van der Waals surface area contributed by atoms with Gasteiger partial charge in [-0.2, -0.15) is 4.31 Å². The lowest BCUT2D eigenvalue weighted by molar-refractivity contribution is -0.128. The van der Waals surface area contributed by atoms with Crippen LogP contribution in [0.25, 0.3) is 0 Å². The highest BCUT2D eigenvalue weighted by Crippen LogP contribution is 2.29. The largest absolute Gasteiger partial charge is 0.350 e. The first-order chi connectivity index (χ1) is 16.6. The second-order valence-electron chi connectivity index (χ2n) is 9.05. The Morgan fingerprint density at radius 3 is 2.46 bits per heavy atom. The summed E-state index contributed by atoms with van der Waals surface area (Å²) in [7, 11) is -4.27. The van der Waals surface area contributed by atoms with E-state index < -0.39 is 33.8 Å². The van der Waals surface area contributed by atoms with Crippen molar-refractivity contribution in [1.29, 1.82) is 0 Å². The fourth-order valence-corrected chi connectivity index (χ4v) is 6.42. The van der Waals surface area contributed by atoms with Crippen LogP contribution in [-0.4, -0.2) is 60.8 Å². The molecular weight excluding hydrogens is 495 g/mol. The maximum atomic E-state index is 13.7. The van der Waals surface area contributed by atoms with Crippen molar-refractivity contribution in [2.24, 2.45) is 5.73 Å². The number of nitrogens with one attached hydrogen (secondary N) is 1. The van der Waals surface area contributed by atoms with Gasteiger partial charge < -0.3 is 16.0 Å². The Morgan fingerprint density at radius 2 is 1.80 bits per heavy atom. The molecule has 1 unspecified atom stereocenters. The Balaban J connectivity index is 1.67. The van der Waals surface area contributed by atoms with Gasteiger partial charge in [-0.1, -0.05) is 29.3 Å². The van der Waals surface area contributed by atoms with Crippen LogP contribution in [0.5, 0.6) is 0 Å². The zero-order valence-electron chi connectivity index (χ0n) is 19.3. The molecule has 1 saturated heterocycles. The molecule has 4 rings (SSSR count). The van der Waals surface area contributed by atoms with Crippen molar-refractivity contribution in [2.45, 2.75) is 55.8 Å². The third-order valence-electron chi connectivity index (χ3n) is 6.51. The fourth-order valence-electron chi connectivity index (χ4n) is 4.60. The summed E-state index contributed by atoms with van der Waals surface area (Å²) < 4.78 is 41.7. The average molecular weight is 523 g/mol. The normalized spacial score (nSPS) is 23.3. The van der Waals surface area contributed by atoms with E-state index in [-0.39, 0.29) is 35.1 Å². The Kier molecular flexibility index (Phi) is 7.46. The Hall–Kier alpha value is -2.53. The topological polar surface area (TPSA) is 113 Å². The lowest BCUT2D eigenvalue weighted by Gasteiger charge is -2.32. The van der Waals surface area contributed by atoms with Crippen molar-refractivity contribution in [3.05, 3.63) is 64.4 Å². The fraction of sp³-hybridized carbons (Fsp3) is 0.417. The number of rotatable bonds is 5. The minimum atomic E-state index is -4.27. The van der Waals surface area contributed by atoms with Crippen LogP contribution >= 0.6 is 11.6 Å². The first-order valence-corrected chi connectivity index (χ1v) is 13.3. The predicted octanol–water partition coefficient (Wildman–Crippen LogP) is 2.65. The zero-order valence-corrected chi connectivity index (χ0v) is 20.9. The van der Waals surface area contributed by atoms with E-state index in [1.54, 1.807) is 18.2 Å². The van der Waals surface area contributed by atoms with Gasteiger partial charge in [0.05, 0.1) is 9.92 Å². The summed E-state index contributed by atoms with van der Waals surface area (Å²) >= 11 is 5.83. The maximum absolute atomic E-state index is 13.7. The van der Waals surface area contributed by atoms with Gasteiger partial charge in [-0.15, -0.1) is 0 Å². The smallest absolute Gasteiger partial charge is 0.259 e. The van der Waals surface area contributed by atoms with Gasteiger partial charge in [-0.3, -0.25) is 9.59 Å². The van der Waals surface area contributed by atoms with Gasteiger partial charge in [0, 0.05) is 30.7 Å². The number of aryl methyl sites for hydroxylation is 1. The third-order valence-corrected chi connectivity index (χ3v) is 8.64. The van der Waals surface area contributed by atoms with E-state index in [1.807, 2.05) is 13.0 Å². The molecule has 2 aliphatic rings. The van der Waals surface area contributed by atoms with Gasteiger partial charge in [0.2, 0.25) is 10.0 Å². The first kappa shape index (κ1) is 25.6. The van der Waals surface area contributed by atoms with Gasteiger partial charge in [0.15, 0.2) is 6.17 Å². The minimum Gasteiger partial charge on any atom is -0.350 e. The molecule has 0 aromatic heterocycles. The van der Waals surface area contributed by atoms with Crippen molar-refractivity contribution >= 4 is 33.4 Å². The van der Waals surface area contributed by atoms with Gasteiger partial charge >= 0.3 is 0 Å². The van der Waals surface area contributed by atoms with Crippen LogP contribution in [0, 0.1) is 12.7 Å². The lowest BCUT2D eigenvalue weighted by atomic mass is 9.92. The number of halogens is 2. The minimum absolute atomic E-state index is 0.0224. The number of hydrogen-bond acceptors (Lipinski definition) is 5. The molecule has 188 valence electrons. The van der Waals surface area contributed by atoms with Gasteiger partial charge in [-0.05, 0) is 62.9 Å². The highest BCUT2D eigenvalue weighted by molar-refractivity contribution is 7.89. The van der Waals surface area contributed by atoms with Crippen LogP contribution in [-0.2, 0) is 14.8 Å². The van der Waals surface area contributed by atoms with E-state index in [4.69, 9.17) is 17.3 Å². The standard InChI is InChI=1S/C24H28ClFN4O4S/c1-15-3-2-4-16(13-15)24(32)29-11-12-30(35(33,34)19-9-10-21(26)20(25)14-19)23(29)22(31)28-18-7-5-17(27)6-8-18/h2-4,9-10,13-14,17-18,23H,5-8,11-12,27H2,1H3,(H,28,31). The number of amides is 2. The van der Waals surface area contributed by atoms with Crippen LogP contribution in [0.2, 0.25) is 5.02 Å². The molecule has 1 heterocycles. The highest BCUT2D eigenvalue weighted by Gasteiger charge is 2.47. The van der Waals surface area contributed by atoms with Crippen molar-refractivity contribution < 1.29 is 22.4 Å². The molecule has 0 bridgehead atoms. The molecule has 0 radical (unpaired) electrons. The molecule has 2 amide bonds. The van der Waals surface area contributed by atoms with E-state index in [2.05, 4.69) is 5.32 Å². The Morgan fingerprint density at radius 1 is 1.09 bits per heavy atom. The highest BCUT2D eigenvalue weighted by atomic mass is 35.5. The van der Waals surface area contributed by atoms with Crippen molar-refractivity contribution in [2.75, 3.05) is 13.1 Å². The van der Waals surface area contributed by atoms with E-state index in [1.165, 1.54) is 4.90 Å². The van der Waals surface area contributed by atoms with Crippen LogP contribution in [0.15, 0.2) is 47.4 Å². The number of sulfonamides is 1. The Bertz CT molecular complexity index is 1230. The maximum Gasteiger partial charge on any atom is 0.259 e. The van der Waals surface area contributed by atoms with E-state index in [9.17, 15) is 22.4 Å². The van der Waals surface area contributed by atoms with Gasteiger partial charge in [0.25, 0.3) is 11.8 Å². The molecule has 35 heavy (non-hydrogen) atoms. The number of benzene rings is 2. The summed E-state index contributed by atoms with van der Waals surface area (Å²) in [5, 5.41) is 2.57. The summed E-state index contributed by atoms with van der Waals surface area (Å²) in [6.45, 7) is 1.77. The molecule has 2 fully saturated rings. The summed E-state index contributed by atoms with van der Waals surface area (Å²) in [4.78, 5) is 27.9. The van der Waals surface area contributed by atoms with Crippen molar-refractivity contribution in [3.8, 4) is 0 Å². The summed E-state index contributed by atoms with van der Waals surface area (Å²) in [6, 6.07) is 9.87. The quantitative estimate of drug-likeness (QED) is 0.627. The van der Waals surface area contributed by atoms with E-state index in [0.29, 0.717) is 18.4 Å². The first-order valence-electron chi connectivity index (χ1n) is 11.5. The van der Waals surface area contributed by atoms with Crippen LogP contribution < -0.4 is 11.1 Å². The lowest BCUT2D eigenvalue weighted by Crippen LogP contribution is -2.56. The molecular formula is C24H28ClFN4O4S. The molecule has 1 aliphatic carbocycles. The van der Waals surface area contributed by atoms with Crippen molar-refractivity contribution in [1.82, 2.24) is 14.5 Å². The number of nitrogens with two attached hydrogens (primary N) is 1. The summed E-state index contributed by atoms with van der Waals surface area (Å²) in [5.41, 5.74) is 7.18. The molecule has 0 spiro atoms. The van der Waals surface area contributed by atoms with E-state index >= 15 is 0 Å². The molecule has 8 nitrogen and oxygen atoms in total. The van der Waals surface area contributed by atoms with Crippen molar-refractivity contribution in [3.63, 3.8) is 0 Å². The van der Waals surface area contributed by atoms with Gasteiger partial charge in [-0.25, -0.2) is 12.8 Å². The number of carbonyl (C=O) groups excluding carboxylic acids is 2. The Labute approximate surface area is 209 Å². The van der Waals surface area contributed by atoms with Crippen LogP contribution in [0.3, 0.4) is 0 Å². The zero-order chi connectivity index (χ0) is 25.3. The molecule has 2 aromatic carbocycles. The molecule has 1 aliphatic heterocycles. The third kappa shape index (κ3) is 5.35. The number of nitrogens with zero attached hydrogens (tertiary/aromatic N) is 2. The number of hydrogen-bond donors (Lipinski definition) is 2. The summed E-state index contributed by atoms with van der Waals surface area (Å²) in [5.74, 6) is -1.79. The van der Waals surface area contributed by atoms with Gasteiger partial charge in [0.1, 0.15) is 5.82 Å². The molecule has 11 heteroatoms. The number of carbonyl (C=O) groups is 2. The van der Waals surface area contributed by atoms with Crippen LogP contribution in [0.4, 0.5) is 4.39 Å². The second kappa shape index (κ2) is 10.2. The van der Waals surface area contributed by atoms with E-state index in [0.717, 1.165) is 40.9 Å². The predicted molar refractivity (Wildman–Crippen MR) is 130 cm³/mol. The second-order valence-corrected chi connectivity index (χ2v) is 11.4. The SMILES string of the molecule is Cc1cccc(C(=O)N2CCN(S(=O)(=O)c3ccc(F)c(Cl)c3)C2C(=O)NC2CCC(N)CC2)c1. The molecule has 1 atom stereocenters.